The molecule has 2 rings (SSSR count). The highest BCUT2D eigenvalue weighted by Gasteiger charge is 1.97. The van der Waals surface area contributed by atoms with Gasteiger partial charge in [-0.15, -0.1) is 5.10 Å². The standard InChI is InChI=1S/C9H9N7/c10-9(7-5-11-1-2-12-7)16-15-6-8-13-3-4-14-8/h1-6H,(H2,10,16)(H,13,14)/b15-6+. The summed E-state index contributed by atoms with van der Waals surface area (Å²) in [5.41, 5.74) is 6.12. The Bertz CT molecular complexity index is 486. The van der Waals surface area contributed by atoms with Gasteiger partial charge in [0, 0.05) is 24.8 Å². The van der Waals surface area contributed by atoms with Crippen LogP contribution in [0.3, 0.4) is 0 Å². The highest BCUT2D eigenvalue weighted by Crippen LogP contribution is 1.90. The number of H-pyrrole nitrogens is 1. The molecule has 0 aliphatic rings. The molecular formula is C9H9N7. The summed E-state index contributed by atoms with van der Waals surface area (Å²) in [5.74, 6) is 0.812. The molecular weight excluding hydrogens is 206 g/mol. The Kier molecular flexibility index (Phi) is 2.98. The second kappa shape index (κ2) is 4.78. The van der Waals surface area contributed by atoms with E-state index < -0.39 is 0 Å². The zero-order valence-electron chi connectivity index (χ0n) is 8.28. The third-order valence-electron chi connectivity index (χ3n) is 1.69. The summed E-state index contributed by atoms with van der Waals surface area (Å²) in [5, 5.41) is 7.54. The molecule has 0 radical (unpaired) electrons. The molecule has 0 spiro atoms. The topological polar surface area (TPSA) is 105 Å². The van der Waals surface area contributed by atoms with Gasteiger partial charge in [-0.25, -0.2) is 9.97 Å². The number of nitrogens with zero attached hydrogens (tertiary/aromatic N) is 5. The van der Waals surface area contributed by atoms with Crippen molar-refractivity contribution in [3.05, 3.63) is 42.5 Å². The summed E-state index contributed by atoms with van der Waals surface area (Å²) in [4.78, 5) is 14.6. The van der Waals surface area contributed by atoms with E-state index in [-0.39, 0.29) is 5.84 Å². The van der Waals surface area contributed by atoms with Crippen molar-refractivity contribution in [1.29, 1.82) is 0 Å². The number of imidazole rings is 1. The van der Waals surface area contributed by atoms with Gasteiger partial charge in [0.1, 0.15) is 11.5 Å². The van der Waals surface area contributed by atoms with Crippen LogP contribution in [0, 0.1) is 0 Å². The Hall–Kier alpha value is -2.57. The Labute approximate surface area is 91.2 Å². The van der Waals surface area contributed by atoms with Crippen LogP contribution in [0.1, 0.15) is 11.5 Å². The number of hydrogen-bond acceptors (Lipinski definition) is 5. The second-order valence-corrected chi connectivity index (χ2v) is 2.79. The SMILES string of the molecule is N/C(=N\N=C\c1ncc[nH]1)c1cnccn1. The van der Waals surface area contributed by atoms with E-state index in [1.807, 2.05) is 0 Å². The first-order chi connectivity index (χ1) is 7.86. The summed E-state index contributed by atoms with van der Waals surface area (Å²) in [6.45, 7) is 0. The maximum Gasteiger partial charge on any atom is 0.173 e. The lowest BCUT2D eigenvalue weighted by atomic mass is 10.4. The van der Waals surface area contributed by atoms with Crippen LogP contribution in [0.4, 0.5) is 0 Å². The quantitative estimate of drug-likeness (QED) is 0.425. The fraction of sp³-hybridized carbons (Fsp3) is 0. The van der Waals surface area contributed by atoms with Gasteiger partial charge in [-0.3, -0.25) is 4.98 Å². The Balaban J connectivity index is 2.08. The summed E-state index contributed by atoms with van der Waals surface area (Å²) in [6, 6.07) is 0. The molecule has 2 heterocycles. The number of aromatic nitrogens is 4. The van der Waals surface area contributed by atoms with Crippen LogP contribution in [-0.2, 0) is 0 Å². The average Bonchev–Trinajstić information content (AvgIpc) is 2.83. The molecule has 7 heteroatoms. The van der Waals surface area contributed by atoms with Gasteiger partial charge in [0.05, 0.1) is 12.4 Å². The first-order valence-corrected chi connectivity index (χ1v) is 4.48. The molecule has 0 fully saturated rings. The van der Waals surface area contributed by atoms with Crippen molar-refractivity contribution >= 4 is 12.1 Å². The van der Waals surface area contributed by atoms with Gasteiger partial charge < -0.3 is 10.7 Å². The minimum Gasteiger partial charge on any atom is -0.380 e. The molecule has 0 unspecified atom stereocenters. The van der Waals surface area contributed by atoms with Crippen molar-refractivity contribution in [2.24, 2.45) is 15.9 Å². The van der Waals surface area contributed by atoms with Crippen molar-refractivity contribution in [2.45, 2.75) is 0 Å². The van der Waals surface area contributed by atoms with Gasteiger partial charge >= 0.3 is 0 Å². The Morgan fingerprint density at radius 3 is 2.94 bits per heavy atom. The molecule has 0 aliphatic heterocycles. The molecule has 0 amide bonds. The Morgan fingerprint density at radius 2 is 2.25 bits per heavy atom. The maximum atomic E-state index is 5.64. The molecule has 0 saturated heterocycles. The summed E-state index contributed by atoms with van der Waals surface area (Å²) in [6.07, 6.45) is 9.38. The zero-order chi connectivity index (χ0) is 11.2. The second-order valence-electron chi connectivity index (χ2n) is 2.79. The monoisotopic (exact) mass is 215 g/mol. The largest absolute Gasteiger partial charge is 0.380 e. The number of hydrogen-bond donors (Lipinski definition) is 2. The van der Waals surface area contributed by atoms with E-state index in [0.29, 0.717) is 11.5 Å². The number of amidine groups is 1. The van der Waals surface area contributed by atoms with Gasteiger partial charge in [-0.05, 0) is 0 Å². The minimum absolute atomic E-state index is 0.205. The minimum atomic E-state index is 0.205. The van der Waals surface area contributed by atoms with Gasteiger partial charge in [0.15, 0.2) is 5.84 Å². The van der Waals surface area contributed by atoms with Gasteiger partial charge in [-0.2, -0.15) is 5.10 Å². The van der Waals surface area contributed by atoms with E-state index in [9.17, 15) is 0 Å². The van der Waals surface area contributed by atoms with Crippen molar-refractivity contribution < 1.29 is 0 Å². The van der Waals surface area contributed by atoms with E-state index >= 15 is 0 Å². The highest BCUT2D eigenvalue weighted by atomic mass is 15.2. The third-order valence-corrected chi connectivity index (χ3v) is 1.69. The van der Waals surface area contributed by atoms with Gasteiger partial charge in [0.2, 0.25) is 0 Å². The molecule has 2 aromatic rings. The molecule has 3 N–H and O–H groups in total. The van der Waals surface area contributed by atoms with E-state index in [1.165, 1.54) is 18.6 Å². The normalized spacial score (nSPS) is 12.1. The van der Waals surface area contributed by atoms with E-state index in [0.717, 1.165) is 0 Å². The molecule has 0 bridgehead atoms. The first kappa shape index (κ1) is 9.97. The van der Waals surface area contributed by atoms with Gasteiger partial charge in [0.25, 0.3) is 0 Å². The van der Waals surface area contributed by atoms with Crippen LogP contribution in [0.5, 0.6) is 0 Å². The molecule has 80 valence electrons. The highest BCUT2D eigenvalue weighted by molar-refractivity contribution is 5.95. The molecule has 2 aromatic heterocycles. The number of nitrogens with two attached hydrogens (primary N) is 1. The van der Waals surface area contributed by atoms with Crippen molar-refractivity contribution in [1.82, 2.24) is 19.9 Å². The van der Waals surface area contributed by atoms with Crippen LogP contribution >= 0.6 is 0 Å². The van der Waals surface area contributed by atoms with Crippen LogP contribution in [0.25, 0.3) is 0 Å². The molecule has 0 atom stereocenters. The predicted molar refractivity (Wildman–Crippen MR) is 58.9 cm³/mol. The van der Waals surface area contributed by atoms with E-state index in [2.05, 4.69) is 30.1 Å². The number of aromatic amines is 1. The lowest BCUT2D eigenvalue weighted by molar-refractivity contribution is 1.14. The van der Waals surface area contributed by atoms with Gasteiger partial charge in [-0.1, -0.05) is 0 Å². The van der Waals surface area contributed by atoms with Crippen molar-refractivity contribution in [3.63, 3.8) is 0 Å². The summed E-state index contributed by atoms with van der Waals surface area (Å²) in [7, 11) is 0. The van der Waals surface area contributed by atoms with E-state index in [4.69, 9.17) is 5.73 Å². The van der Waals surface area contributed by atoms with E-state index in [1.54, 1.807) is 18.6 Å². The first-order valence-electron chi connectivity index (χ1n) is 4.48. The summed E-state index contributed by atoms with van der Waals surface area (Å²) < 4.78 is 0. The average molecular weight is 215 g/mol. The molecule has 0 saturated carbocycles. The van der Waals surface area contributed by atoms with Crippen molar-refractivity contribution in [2.75, 3.05) is 0 Å². The molecule has 16 heavy (non-hydrogen) atoms. The van der Waals surface area contributed by atoms with Crippen LogP contribution in [0.2, 0.25) is 0 Å². The lowest BCUT2D eigenvalue weighted by Crippen LogP contribution is -2.14. The fourth-order valence-electron chi connectivity index (χ4n) is 0.976. The van der Waals surface area contributed by atoms with Crippen LogP contribution < -0.4 is 5.73 Å². The van der Waals surface area contributed by atoms with Crippen LogP contribution in [-0.4, -0.2) is 32.0 Å². The predicted octanol–water partition coefficient (Wildman–Crippen LogP) is -0.0609. The smallest absolute Gasteiger partial charge is 0.173 e. The number of nitrogens with one attached hydrogen (secondary N) is 1. The van der Waals surface area contributed by atoms with Crippen molar-refractivity contribution in [3.8, 4) is 0 Å². The lowest BCUT2D eigenvalue weighted by Gasteiger charge is -1.94. The fourth-order valence-corrected chi connectivity index (χ4v) is 0.976. The zero-order valence-corrected chi connectivity index (χ0v) is 8.28. The Morgan fingerprint density at radius 1 is 1.31 bits per heavy atom. The molecule has 7 nitrogen and oxygen atoms in total. The molecule has 0 aliphatic carbocycles. The third kappa shape index (κ3) is 2.47. The summed E-state index contributed by atoms with van der Waals surface area (Å²) >= 11 is 0. The number of rotatable bonds is 3. The van der Waals surface area contributed by atoms with Crippen LogP contribution in [0.15, 0.2) is 41.2 Å². The maximum absolute atomic E-state index is 5.64. The molecule has 0 aromatic carbocycles.